The third kappa shape index (κ3) is 8.99. The Kier molecular flexibility index (Phi) is 12.4. The van der Waals surface area contributed by atoms with E-state index < -0.39 is 0 Å². The summed E-state index contributed by atoms with van der Waals surface area (Å²) in [5.74, 6) is -0.0230. The number of hydrogen-bond acceptors (Lipinski definition) is 3. The molecule has 0 aliphatic carbocycles. The molecule has 1 rings (SSSR count). The maximum atomic E-state index is 13.1. The van der Waals surface area contributed by atoms with Crippen molar-refractivity contribution in [2.24, 2.45) is 0 Å². The highest BCUT2D eigenvalue weighted by molar-refractivity contribution is 5.98. The number of nitrogens with zero attached hydrogens (tertiary/aromatic N) is 1. The lowest BCUT2D eigenvalue weighted by molar-refractivity contribution is 0.0746. The first kappa shape index (κ1) is 24.3. The summed E-state index contributed by atoms with van der Waals surface area (Å²) in [6.45, 7) is 7.75. The molecule has 1 aromatic rings. The predicted molar refractivity (Wildman–Crippen MR) is 120 cm³/mol. The number of phenolic OH excluding ortho intramolecular Hbond substituents is 1. The smallest absolute Gasteiger partial charge is 0.257 e. The van der Waals surface area contributed by atoms with Gasteiger partial charge in [-0.15, -0.1) is 0 Å². The van der Waals surface area contributed by atoms with Crippen LogP contribution in [0.2, 0.25) is 0 Å². The van der Waals surface area contributed by atoms with Gasteiger partial charge in [-0.1, -0.05) is 78.1 Å². The first-order valence-electron chi connectivity index (χ1n) is 11.4. The second kappa shape index (κ2) is 14.3. The Morgan fingerprint density at radius 2 is 1.32 bits per heavy atom. The van der Waals surface area contributed by atoms with E-state index in [0.717, 1.165) is 38.8 Å². The van der Waals surface area contributed by atoms with Gasteiger partial charge in [0.2, 0.25) is 0 Å². The van der Waals surface area contributed by atoms with Gasteiger partial charge in [-0.3, -0.25) is 4.79 Å². The Morgan fingerprint density at radius 1 is 0.857 bits per heavy atom. The Labute approximate surface area is 172 Å². The van der Waals surface area contributed by atoms with Crippen molar-refractivity contribution in [3.8, 4) is 5.75 Å². The number of nitrogens with two attached hydrogens (primary N) is 1. The largest absolute Gasteiger partial charge is 0.507 e. The zero-order valence-corrected chi connectivity index (χ0v) is 18.4. The zero-order chi connectivity index (χ0) is 20.8. The Balaban J connectivity index is 2.66. The van der Waals surface area contributed by atoms with Crippen molar-refractivity contribution in [3.05, 3.63) is 23.3 Å². The molecule has 0 bridgehead atoms. The molecule has 1 amide bonds. The van der Waals surface area contributed by atoms with Crippen LogP contribution in [0.4, 0.5) is 5.69 Å². The zero-order valence-electron chi connectivity index (χ0n) is 18.4. The van der Waals surface area contributed by atoms with Crippen LogP contribution in [0.25, 0.3) is 0 Å². The quantitative estimate of drug-likeness (QED) is 0.205. The highest BCUT2D eigenvalue weighted by Crippen LogP contribution is 2.27. The number of unbranched alkanes of at least 4 members (excludes halogenated alkanes) is 10. The summed E-state index contributed by atoms with van der Waals surface area (Å²) in [6.07, 6.45) is 14.4. The Bertz CT molecular complexity index is 556. The van der Waals surface area contributed by atoms with Crippen molar-refractivity contribution in [2.45, 2.75) is 97.8 Å². The van der Waals surface area contributed by atoms with Crippen LogP contribution in [0.15, 0.2) is 12.1 Å². The lowest BCUT2D eigenvalue weighted by Crippen LogP contribution is -2.33. The van der Waals surface area contributed by atoms with Crippen molar-refractivity contribution in [1.29, 1.82) is 0 Å². The van der Waals surface area contributed by atoms with Crippen LogP contribution in [-0.4, -0.2) is 29.0 Å². The van der Waals surface area contributed by atoms with E-state index in [1.807, 2.05) is 4.90 Å². The fourth-order valence-corrected chi connectivity index (χ4v) is 3.62. The van der Waals surface area contributed by atoms with Crippen molar-refractivity contribution >= 4 is 11.6 Å². The van der Waals surface area contributed by atoms with Gasteiger partial charge in [0.05, 0.1) is 5.56 Å². The van der Waals surface area contributed by atoms with Gasteiger partial charge in [-0.25, -0.2) is 0 Å². The minimum atomic E-state index is -0.0879. The average molecular weight is 391 g/mol. The number of amides is 1. The van der Waals surface area contributed by atoms with Crippen molar-refractivity contribution < 1.29 is 9.90 Å². The van der Waals surface area contributed by atoms with E-state index in [1.165, 1.54) is 51.4 Å². The van der Waals surface area contributed by atoms with Crippen LogP contribution in [0.3, 0.4) is 0 Å². The van der Waals surface area contributed by atoms with E-state index >= 15 is 0 Å². The number of hydrogen-bond donors (Lipinski definition) is 2. The second-order valence-electron chi connectivity index (χ2n) is 8.06. The van der Waals surface area contributed by atoms with Gasteiger partial charge in [0.1, 0.15) is 5.75 Å². The second-order valence-corrected chi connectivity index (χ2v) is 8.06. The Hall–Kier alpha value is -1.71. The van der Waals surface area contributed by atoms with Crippen LogP contribution in [0.5, 0.6) is 5.75 Å². The fourth-order valence-electron chi connectivity index (χ4n) is 3.62. The van der Waals surface area contributed by atoms with Crippen LogP contribution in [-0.2, 0) is 0 Å². The summed E-state index contributed by atoms with van der Waals surface area (Å²) in [6, 6.07) is 3.32. The first-order chi connectivity index (χ1) is 13.5. The van der Waals surface area contributed by atoms with Gasteiger partial charge in [-0.2, -0.15) is 0 Å². The monoisotopic (exact) mass is 390 g/mol. The highest BCUT2D eigenvalue weighted by atomic mass is 16.3. The van der Waals surface area contributed by atoms with Crippen molar-refractivity contribution in [3.63, 3.8) is 0 Å². The minimum absolute atomic E-state index is 0.0649. The molecule has 0 saturated carbocycles. The summed E-state index contributed by atoms with van der Waals surface area (Å²) in [7, 11) is 0. The van der Waals surface area contributed by atoms with E-state index in [2.05, 4.69) is 13.8 Å². The van der Waals surface area contributed by atoms with Gasteiger partial charge >= 0.3 is 0 Å². The number of carbonyl (C=O) groups is 1. The Morgan fingerprint density at radius 3 is 1.82 bits per heavy atom. The van der Waals surface area contributed by atoms with E-state index in [4.69, 9.17) is 5.73 Å². The van der Waals surface area contributed by atoms with Crippen LogP contribution in [0, 0.1) is 6.92 Å². The lowest BCUT2D eigenvalue weighted by Gasteiger charge is -2.24. The number of aryl methyl sites for hydroxylation is 1. The number of rotatable bonds is 15. The molecule has 0 fully saturated rings. The van der Waals surface area contributed by atoms with E-state index in [9.17, 15) is 9.90 Å². The fraction of sp³-hybridized carbons (Fsp3) is 0.708. The van der Waals surface area contributed by atoms with Gasteiger partial charge < -0.3 is 15.7 Å². The number of benzene rings is 1. The molecule has 0 heterocycles. The molecule has 0 spiro atoms. The van der Waals surface area contributed by atoms with Crippen molar-refractivity contribution in [2.75, 3.05) is 18.8 Å². The van der Waals surface area contributed by atoms with E-state index in [0.29, 0.717) is 16.8 Å². The molecule has 1 aromatic carbocycles. The van der Waals surface area contributed by atoms with Gasteiger partial charge in [0.25, 0.3) is 5.91 Å². The molecule has 0 atom stereocenters. The molecular formula is C24H42N2O2. The SMILES string of the molecule is CCCCCCCCN(CCCCCCCC)C(=O)c1cc(N)cc(C)c1O. The molecule has 4 heteroatoms. The molecule has 0 unspecified atom stereocenters. The topological polar surface area (TPSA) is 66.6 Å². The summed E-state index contributed by atoms with van der Waals surface area (Å²) in [5.41, 5.74) is 7.44. The number of anilines is 1. The summed E-state index contributed by atoms with van der Waals surface area (Å²) < 4.78 is 0. The molecule has 0 radical (unpaired) electrons. The summed E-state index contributed by atoms with van der Waals surface area (Å²) in [4.78, 5) is 15.0. The van der Waals surface area contributed by atoms with Gasteiger partial charge in [-0.05, 0) is 37.5 Å². The maximum absolute atomic E-state index is 13.1. The number of nitrogen functional groups attached to an aromatic ring is 1. The summed E-state index contributed by atoms with van der Waals surface area (Å²) >= 11 is 0. The number of carbonyl (C=O) groups excluding carboxylic acids is 1. The first-order valence-corrected chi connectivity index (χ1v) is 11.4. The molecule has 0 aromatic heterocycles. The van der Waals surface area contributed by atoms with Gasteiger partial charge in [0.15, 0.2) is 0 Å². The average Bonchev–Trinajstić information content (AvgIpc) is 2.67. The third-order valence-electron chi connectivity index (χ3n) is 5.40. The standard InChI is InChI=1S/C24H42N2O2/c1-4-6-8-10-12-14-16-26(17-15-13-11-9-7-5-2)24(28)22-19-21(25)18-20(3)23(22)27/h18-19,27H,4-17,25H2,1-3H3. The maximum Gasteiger partial charge on any atom is 0.257 e. The molecule has 0 saturated heterocycles. The molecule has 0 aliphatic rings. The normalized spacial score (nSPS) is 11.0. The van der Waals surface area contributed by atoms with Crippen LogP contribution in [0.1, 0.15) is 107 Å². The molecule has 3 N–H and O–H groups in total. The van der Waals surface area contributed by atoms with Gasteiger partial charge in [0, 0.05) is 18.8 Å². The molecular weight excluding hydrogens is 348 g/mol. The number of phenols is 1. The predicted octanol–water partition coefficient (Wildman–Crippen LogP) is 6.45. The van der Waals surface area contributed by atoms with Crippen LogP contribution < -0.4 is 5.73 Å². The highest BCUT2D eigenvalue weighted by Gasteiger charge is 2.20. The molecule has 4 nitrogen and oxygen atoms in total. The van der Waals surface area contributed by atoms with Crippen LogP contribution >= 0.6 is 0 Å². The number of aromatic hydroxyl groups is 1. The molecule has 0 aliphatic heterocycles. The van der Waals surface area contributed by atoms with E-state index in [-0.39, 0.29) is 11.7 Å². The third-order valence-corrected chi connectivity index (χ3v) is 5.40. The van der Waals surface area contributed by atoms with E-state index in [1.54, 1.807) is 19.1 Å². The molecule has 160 valence electrons. The minimum Gasteiger partial charge on any atom is -0.507 e. The molecule has 28 heavy (non-hydrogen) atoms. The lowest BCUT2D eigenvalue weighted by atomic mass is 10.1. The summed E-state index contributed by atoms with van der Waals surface area (Å²) in [5, 5.41) is 10.4. The van der Waals surface area contributed by atoms with Crippen molar-refractivity contribution in [1.82, 2.24) is 4.90 Å².